The van der Waals surface area contributed by atoms with E-state index in [4.69, 9.17) is 10.8 Å². The van der Waals surface area contributed by atoms with Crippen LogP contribution >= 0.6 is 0 Å². The summed E-state index contributed by atoms with van der Waals surface area (Å²) >= 11 is 0. The van der Waals surface area contributed by atoms with Crippen LogP contribution in [0, 0.1) is 0 Å². The molecule has 0 aliphatic heterocycles. The first-order valence-corrected chi connectivity index (χ1v) is 10.3. The van der Waals surface area contributed by atoms with Gasteiger partial charge in [0.15, 0.2) is 0 Å². The number of H-pyrrole nitrogens is 2. The van der Waals surface area contributed by atoms with E-state index in [-0.39, 0.29) is 14.0 Å². The molecule has 0 saturated carbocycles. The van der Waals surface area contributed by atoms with Crippen molar-refractivity contribution in [1.29, 1.82) is 0 Å². The molecule has 0 saturated heterocycles. The Labute approximate surface area is 191 Å². The lowest BCUT2D eigenvalue weighted by Gasteiger charge is -2.21. The summed E-state index contributed by atoms with van der Waals surface area (Å²) in [6.45, 7) is 5.07. The predicted molar refractivity (Wildman–Crippen MR) is 130 cm³/mol. The van der Waals surface area contributed by atoms with Crippen LogP contribution in [-0.2, 0) is 26.2 Å². The molecule has 2 heterocycles. The Hall–Kier alpha value is -3.26. The largest absolute Gasteiger partial charge is 0.397 e. The van der Waals surface area contributed by atoms with Crippen molar-refractivity contribution in [3.8, 4) is 0 Å². The number of imidazole rings is 2. The van der Waals surface area contributed by atoms with Crippen molar-refractivity contribution in [2.45, 2.75) is 40.5 Å². The molecule has 5 N–H and O–H groups in total. The number of benzene rings is 2. The van der Waals surface area contributed by atoms with E-state index in [1.807, 2.05) is 6.20 Å². The average Bonchev–Trinajstić information content (AvgIpc) is 3.50. The van der Waals surface area contributed by atoms with Gasteiger partial charge in [0, 0.05) is 44.5 Å². The van der Waals surface area contributed by atoms with E-state index in [0.717, 1.165) is 31.3 Å². The standard InChI is InChI=1S/C18H19N3.C4H7N3.C2H6O.CH4/c1-3-7-16(8-4-1)13-21(15-18-19-11-12-20-18)14-17-9-5-2-6-10-17;5-3-4-6-1-2-7-4;1-2-3;/h1-12H,13-15H2,(H,19,20);1-2H,3,5H2,(H,6,7);3H,2H2,1H3;1H4. The molecule has 172 valence electrons. The van der Waals surface area contributed by atoms with Gasteiger partial charge in [0.1, 0.15) is 11.6 Å². The van der Waals surface area contributed by atoms with Gasteiger partial charge in [-0.25, -0.2) is 9.97 Å². The van der Waals surface area contributed by atoms with E-state index in [9.17, 15) is 0 Å². The van der Waals surface area contributed by atoms with Crippen LogP contribution in [0.2, 0.25) is 0 Å². The minimum absolute atomic E-state index is 0. The molecular weight excluding hydrogens is 400 g/mol. The molecule has 4 aromatic rings. The minimum atomic E-state index is 0. The molecule has 4 rings (SSSR count). The zero-order valence-electron chi connectivity index (χ0n) is 18.0. The summed E-state index contributed by atoms with van der Waals surface area (Å²) in [6.07, 6.45) is 7.11. The fraction of sp³-hybridized carbons (Fsp3) is 0.280. The molecule has 2 aromatic heterocycles. The molecule has 0 atom stereocenters. The fourth-order valence-corrected chi connectivity index (χ4v) is 2.86. The lowest BCUT2D eigenvalue weighted by atomic mass is 10.1. The number of nitrogens with two attached hydrogens (primary N) is 1. The molecule has 0 aliphatic carbocycles. The monoisotopic (exact) mass is 436 g/mol. The summed E-state index contributed by atoms with van der Waals surface area (Å²) in [5.41, 5.74) is 7.84. The number of nitrogens with one attached hydrogen (secondary N) is 2. The van der Waals surface area contributed by atoms with Gasteiger partial charge in [-0.3, -0.25) is 4.90 Å². The third-order valence-electron chi connectivity index (χ3n) is 4.17. The van der Waals surface area contributed by atoms with Crippen molar-refractivity contribution in [1.82, 2.24) is 24.8 Å². The lowest BCUT2D eigenvalue weighted by Crippen LogP contribution is -2.23. The average molecular weight is 437 g/mol. The third kappa shape index (κ3) is 10.7. The van der Waals surface area contributed by atoms with Gasteiger partial charge < -0.3 is 20.8 Å². The number of rotatable bonds is 7. The Morgan fingerprint density at radius 3 is 1.56 bits per heavy atom. The first-order chi connectivity index (χ1) is 15.2. The van der Waals surface area contributed by atoms with Crippen LogP contribution in [0.5, 0.6) is 0 Å². The van der Waals surface area contributed by atoms with Crippen molar-refractivity contribution in [3.05, 3.63) is 108 Å². The summed E-state index contributed by atoms with van der Waals surface area (Å²) in [7, 11) is 0. The van der Waals surface area contributed by atoms with E-state index in [1.165, 1.54) is 11.1 Å². The van der Waals surface area contributed by atoms with Crippen molar-refractivity contribution in [2.24, 2.45) is 5.73 Å². The summed E-state index contributed by atoms with van der Waals surface area (Å²) < 4.78 is 0. The summed E-state index contributed by atoms with van der Waals surface area (Å²) in [5, 5.41) is 7.57. The van der Waals surface area contributed by atoms with E-state index in [1.54, 1.807) is 25.5 Å². The number of aromatic nitrogens is 4. The van der Waals surface area contributed by atoms with Crippen LogP contribution in [0.1, 0.15) is 37.1 Å². The van der Waals surface area contributed by atoms with Gasteiger partial charge in [0.2, 0.25) is 0 Å². The molecule has 0 spiro atoms. The molecule has 0 unspecified atom stereocenters. The summed E-state index contributed by atoms with van der Waals surface area (Å²) in [6, 6.07) is 21.1. The number of hydrogen-bond acceptors (Lipinski definition) is 5. The Morgan fingerprint density at radius 2 is 1.22 bits per heavy atom. The van der Waals surface area contributed by atoms with Crippen molar-refractivity contribution < 1.29 is 5.11 Å². The van der Waals surface area contributed by atoms with Crippen LogP contribution in [-0.4, -0.2) is 36.5 Å². The Morgan fingerprint density at radius 1 is 0.781 bits per heavy atom. The van der Waals surface area contributed by atoms with Gasteiger partial charge >= 0.3 is 0 Å². The van der Waals surface area contributed by atoms with E-state index < -0.39 is 0 Å². The zero-order chi connectivity index (χ0) is 22.2. The Bertz CT molecular complexity index is 855. The van der Waals surface area contributed by atoms with E-state index in [0.29, 0.717) is 6.54 Å². The molecule has 0 bridgehead atoms. The molecule has 7 heteroatoms. The highest BCUT2D eigenvalue weighted by Crippen LogP contribution is 2.12. The first-order valence-electron chi connectivity index (χ1n) is 10.3. The van der Waals surface area contributed by atoms with Crippen molar-refractivity contribution in [3.63, 3.8) is 0 Å². The van der Waals surface area contributed by atoms with Gasteiger partial charge in [-0.1, -0.05) is 68.1 Å². The van der Waals surface area contributed by atoms with Gasteiger partial charge in [0.25, 0.3) is 0 Å². The van der Waals surface area contributed by atoms with E-state index >= 15 is 0 Å². The molecule has 0 fully saturated rings. The molecule has 0 radical (unpaired) electrons. The number of nitrogens with zero attached hydrogens (tertiary/aromatic N) is 3. The number of aliphatic hydroxyl groups excluding tert-OH is 1. The van der Waals surface area contributed by atoms with Crippen LogP contribution < -0.4 is 5.73 Å². The van der Waals surface area contributed by atoms with Crippen LogP contribution in [0.15, 0.2) is 85.5 Å². The van der Waals surface area contributed by atoms with Gasteiger partial charge in [-0.2, -0.15) is 0 Å². The van der Waals surface area contributed by atoms with Crippen LogP contribution in [0.25, 0.3) is 0 Å². The summed E-state index contributed by atoms with van der Waals surface area (Å²) in [4.78, 5) is 16.6. The Kier molecular flexibility index (Phi) is 13.8. The molecule has 0 amide bonds. The molecule has 7 nitrogen and oxygen atoms in total. The smallest absolute Gasteiger partial charge is 0.120 e. The third-order valence-corrected chi connectivity index (χ3v) is 4.17. The lowest BCUT2D eigenvalue weighted by molar-refractivity contribution is 0.242. The van der Waals surface area contributed by atoms with Crippen LogP contribution in [0.3, 0.4) is 0 Å². The first kappa shape index (κ1) is 26.8. The van der Waals surface area contributed by atoms with Crippen molar-refractivity contribution >= 4 is 0 Å². The normalized spacial score (nSPS) is 9.75. The maximum absolute atomic E-state index is 7.57. The number of hydrogen-bond donors (Lipinski definition) is 4. The van der Waals surface area contributed by atoms with E-state index in [2.05, 4.69) is 85.5 Å². The highest BCUT2D eigenvalue weighted by Gasteiger charge is 2.09. The number of aliphatic hydroxyl groups is 1. The second-order valence-electron chi connectivity index (χ2n) is 6.71. The van der Waals surface area contributed by atoms with Gasteiger partial charge in [-0.05, 0) is 18.1 Å². The highest BCUT2D eigenvalue weighted by atomic mass is 16.2. The quantitative estimate of drug-likeness (QED) is 0.349. The molecule has 0 aliphatic rings. The fourth-order valence-electron chi connectivity index (χ4n) is 2.86. The second-order valence-corrected chi connectivity index (χ2v) is 6.71. The van der Waals surface area contributed by atoms with Crippen molar-refractivity contribution in [2.75, 3.05) is 6.61 Å². The molecule has 32 heavy (non-hydrogen) atoms. The zero-order valence-corrected chi connectivity index (χ0v) is 18.0. The SMILES string of the molecule is C.CCO.NCc1ncc[nH]1.c1ccc(CN(Cc2ccccc2)Cc2ncc[nH]2)cc1. The minimum Gasteiger partial charge on any atom is -0.397 e. The second kappa shape index (κ2) is 16.4. The molecule has 2 aromatic carbocycles. The highest BCUT2D eigenvalue weighted by molar-refractivity contribution is 5.17. The predicted octanol–water partition coefficient (Wildman–Crippen LogP) is 4.12. The number of aromatic amines is 2. The van der Waals surface area contributed by atoms with Gasteiger partial charge in [-0.15, -0.1) is 0 Å². The summed E-state index contributed by atoms with van der Waals surface area (Å²) in [5.74, 6) is 1.84. The molecular formula is C25H36N6O. The topological polar surface area (TPSA) is 107 Å². The maximum Gasteiger partial charge on any atom is 0.120 e. The van der Waals surface area contributed by atoms with Crippen LogP contribution in [0.4, 0.5) is 0 Å². The Balaban J connectivity index is 0.000000390. The van der Waals surface area contributed by atoms with Gasteiger partial charge in [0.05, 0.1) is 13.1 Å². The maximum atomic E-state index is 7.57.